The van der Waals surface area contributed by atoms with Gasteiger partial charge in [0, 0.05) is 11.6 Å². The van der Waals surface area contributed by atoms with Crippen molar-refractivity contribution < 1.29 is 31.0 Å². The number of benzene rings is 2. The molecule has 6 nitrogen and oxygen atoms in total. The third kappa shape index (κ3) is 4.24. The first-order valence-corrected chi connectivity index (χ1v) is 8.35. The molecule has 0 fully saturated rings. The van der Waals surface area contributed by atoms with E-state index < -0.39 is 21.8 Å². The topological polar surface area (TPSA) is 74.2 Å². The van der Waals surface area contributed by atoms with E-state index in [1.54, 1.807) is 0 Å². The molecule has 0 aliphatic heterocycles. The highest BCUT2D eigenvalue weighted by molar-refractivity contribution is 7.86. The van der Waals surface area contributed by atoms with Crippen LogP contribution in [-0.4, -0.2) is 28.3 Å². The standard InChI is InChI=1S/C16H15F2NO5S/c1-10(11-4-6-13(17)14(18)8-11)19-24-25(20,21)12-5-7-15(22-2)16(9-12)23-3/h4-9H,1-3H3/b19-10-. The van der Waals surface area contributed by atoms with Crippen LogP contribution in [0.5, 0.6) is 11.5 Å². The first-order chi connectivity index (χ1) is 11.8. The summed E-state index contributed by atoms with van der Waals surface area (Å²) < 4.78 is 65.2. The highest BCUT2D eigenvalue weighted by atomic mass is 32.2. The van der Waals surface area contributed by atoms with Crippen LogP contribution in [0.2, 0.25) is 0 Å². The molecule has 0 bridgehead atoms. The van der Waals surface area contributed by atoms with E-state index in [4.69, 9.17) is 9.47 Å². The number of nitrogens with zero attached hydrogens (tertiary/aromatic N) is 1. The molecular formula is C16H15F2NO5S. The predicted molar refractivity (Wildman–Crippen MR) is 86.4 cm³/mol. The number of halogens is 2. The van der Waals surface area contributed by atoms with Crippen molar-refractivity contribution >= 4 is 15.8 Å². The lowest BCUT2D eigenvalue weighted by atomic mass is 10.1. The predicted octanol–water partition coefficient (Wildman–Crippen LogP) is 3.11. The molecule has 2 rings (SSSR count). The van der Waals surface area contributed by atoms with Crippen LogP contribution in [0.1, 0.15) is 12.5 Å². The van der Waals surface area contributed by atoms with E-state index in [1.165, 1.54) is 45.4 Å². The van der Waals surface area contributed by atoms with Crippen molar-refractivity contribution in [2.45, 2.75) is 11.8 Å². The Morgan fingerprint density at radius 2 is 1.64 bits per heavy atom. The molecule has 0 saturated heterocycles. The molecule has 0 aromatic heterocycles. The van der Waals surface area contributed by atoms with Gasteiger partial charge in [0.15, 0.2) is 23.1 Å². The molecule has 9 heteroatoms. The zero-order valence-corrected chi connectivity index (χ0v) is 14.4. The first-order valence-electron chi connectivity index (χ1n) is 6.94. The van der Waals surface area contributed by atoms with Gasteiger partial charge in [-0.2, -0.15) is 8.42 Å². The van der Waals surface area contributed by atoms with Crippen LogP contribution in [0, 0.1) is 11.6 Å². The van der Waals surface area contributed by atoms with E-state index in [2.05, 4.69) is 9.44 Å². The smallest absolute Gasteiger partial charge is 0.358 e. The van der Waals surface area contributed by atoms with Gasteiger partial charge in [0.1, 0.15) is 4.90 Å². The lowest BCUT2D eigenvalue weighted by Gasteiger charge is -2.09. The van der Waals surface area contributed by atoms with Gasteiger partial charge in [0.25, 0.3) is 0 Å². The third-order valence-corrected chi connectivity index (χ3v) is 4.36. The molecule has 0 atom stereocenters. The van der Waals surface area contributed by atoms with Crippen molar-refractivity contribution in [1.82, 2.24) is 0 Å². The molecule has 0 N–H and O–H groups in total. The normalized spacial score (nSPS) is 12.0. The fourth-order valence-corrected chi connectivity index (χ4v) is 2.68. The largest absolute Gasteiger partial charge is 0.493 e. The van der Waals surface area contributed by atoms with Crippen molar-refractivity contribution in [2.24, 2.45) is 5.16 Å². The Morgan fingerprint density at radius 3 is 2.24 bits per heavy atom. The fraction of sp³-hybridized carbons (Fsp3) is 0.188. The number of methoxy groups -OCH3 is 2. The second kappa shape index (κ2) is 7.47. The summed E-state index contributed by atoms with van der Waals surface area (Å²) >= 11 is 0. The van der Waals surface area contributed by atoms with Gasteiger partial charge in [-0.15, -0.1) is 0 Å². The summed E-state index contributed by atoms with van der Waals surface area (Å²) in [5.74, 6) is -1.54. The Kier molecular flexibility index (Phi) is 5.58. The molecule has 134 valence electrons. The second-order valence-electron chi connectivity index (χ2n) is 4.85. The summed E-state index contributed by atoms with van der Waals surface area (Å²) in [5.41, 5.74) is 0.240. The van der Waals surface area contributed by atoms with Crippen molar-refractivity contribution in [3.8, 4) is 11.5 Å². The van der Waals surface area contributed by atoms with Gasteiger partial charge in [0.2, 0.25) is 0 Å². The van der Waals surface area contributed by atoms with Crippen molar-refractivity contribution in [3.63, 3.8) is 0 Å². The van der Waals surface area contributed by atoms with Crippen LogP contribution in [-0.2, 0) is 14.4 Å². The highest BCUT2D eigenvalue weighted by Gasteiger charge is 2.19. The van der Waals surface area contributed by atoms with Gasteiger partial charge >= 0.3 is 10.1 Å². The first kappa shape index (κ1) is 18.7. The molecule has 0 spiro atoms. The summed E-state index contributed by atoms with van der Waals surface area (Å²) in [6, 6.07) is 6.94. The number of ether oxygens (including phenoxy) is 2. The van der Waals surface area contributed by atoms with E-state index in [-0.39, 0.29) is 21.9 Å². The van der Waals surface area contributed by atoms with Crippen LogP contribution in [0.25, 0.3) is 0 Å². The van der Waals surface area contributed by atoms with Crippen LogP contribution >= 0.6 is 0 Å². The molecule has 25 heavy (non-hydrogen) atoms. The van der Waals surface area contributed by atoms with Gasteiger partial charge in [-0.1, -0.05) is 5.16 Å². The van der Waals surface area contributed by atoms with E-state index in [0.717, 1.165) is 12.1 Å². The lowest BCUT2D eigenvalue weighted by molar-refractivity contribution is 0.336. The van der Waals surface area contributed by atoms with Crippen LogP contribution in [0.4, 0.5) is 8.78 Å². The van der Waals surface area contributed by atoms with Gasteiger partial charge in [0.05, 0.1) is 19.9 Å². The lowest BCUT2D eigenvalue weighted by Crippen LogP contribution is -2.06. The molecule has 0 saturated carbocycles. The number of hydrogen-bond acceptors (Lipinski definition) is 6. The second-order valence-corrected chi connectivity index (χ2v) is 6.38. The minimum absolute atomic E-state index is 0.0583. The van der Waals surface area contributed by atoms with E-state index in [1.807, 2.05) is 0 Å². The summed E-state index contributed by atoms with van der Waals surface area (Å²) in [4.78, 5) is -0.202. The van der Waals surface area contributed by atoms with Gasteiger partial charge < -0.3 is 9.47 Å². The van der Waals surface area contributed by atoms with Crippen molar-refractivity contribution in [1.29, 1.82) is 0 Å². The fourth-order valence-electron chi connectivity index (χ4n) is 1.89. The summed E-state index contributed by atoms with van der Waals surface area (Å²) in [5, 5.41) is 3.48. The van der Waals surface area contributed by atoms with E-state index in [9.17, 15) is 17.2 Å². The van der Waals surface area contributed by atoms with E-state index >= 15 is 0 Å². The molecule has 0 unspecified atom stereocenters. The zero-order chi connectivity index (χ0) is 18.6. The average molecular weight is 371 g/mol. The van der Waals surface area contributed by atoms with Gasteiger partial charge in [-0.25, -0.2) is 8.78 Å². The van der Waals surface area contributed by atoms with Gasteiger partial charge in [-0.3, -0.25) is 4.28 Å². The summed E-state index contributed by atoms with van der Waals surface area (Å²) in [6.45, 7) is 1.40. The Morgan fingerprint density at radius 1 is 0.960 bits per heavy atom. The number of rotatable bonds is 6. The Labute approximate surface area is 143 Å². The SMILES string of the molecule is COc1ccc(S(=O)(=O)O/N=C(/C)c2ccc(F)c(F)c2)cc1OC. The minimum Gasteiger partial charge on any atom is -0.493 e. The quantitative estimate of drug-likeness (QED) is 0.576. The molecule has 2 aromatic carbocycles. The van der Waals surface area contributed by atoms with Crippen LogP contribution in [0.15, 0.2) is 46.4 Å². The monoisotopic (exact) mass is 371 g/mol. The maximum absolute atomic E-state index is 13.2. The Bertz CT molecular complexity index is 913. The average Bonchev–Trinajstić information content (AvgIpc) is 2.61. The number of hydrogen-bond donors (Lipinski definition) is 0. The summed E-state index contributed by atoms with van der Waals surface area (Å²) in [6.07, 6.45) is 0. The molecular weight excluding hydrogens is 356 g/mol. The Hall–Kier alpha value is -2.68. The van der Waals surface area contributed by atoms with Gasteiger partial charge in [-0.05, 0) is 37.3 Å². The van der Waals surface area contributed by atoms with Crippen molar-refractivity contribution in [3.05, 3.63) is 53.6 Å². The summed E-state index contributed by atoms with van der Waals surface area (Å²) in [7, 11) is -1.45. The van der Waals surface area contributed by atoms with E-state index in [0.29, 0.717) is 5.75 Å². The highest BCUT2D eigenvalue weighted by Crippen LogP contribution is 2.30. The van der Waals surface area contributed by atoms with Crippen molar-refractivity contribution in [2.75, 3.05) is 14.2 Å². The minimum atomic E-state index is -4.23. The molecule has 0 aliphatic carbocycles. The maximum atomic E-state index is 13.2. The molecule has 0 radical (unpaired) electrons. The van der Waals surface area contributed by atoms with Crippen LogP contribution in [0.3, 0.4) is 0 Å². The number of oxime groups is 1. The Balaban J connectivity index is 2.27. The maximum Gasteiger partial charge on any atom is 0.358 e. The zero-order valence-electron chi connectivity index (χ0n) is 13.6. The molecule has 0 aliphatic rings. The molecule has 0 amide bonds. The molecule has 2 aromatic rings. The van der Waals surface area contributed by atoms with Crippen LogP contribution < -0.4 is 9.47 Å². The molecule has 0 heterocycles. The third-order valence-electron chi connectivity index (χ3n) is 3.25.